The number of pyridine rings is 1. The fourth-order valence-electron chi connectivity index (χ4n) is 4.41. The molecule has 0 saturated carbocycles. The predicted molar refractivity (Wildman–Crippen MR) is 134 cm³/mol. The molecular formula is C22H22BrFN7O7P. The van der Waals surface area contributed by atoms with E-state index in [1.54, 1.807) is 13.0 Å². The lowest BCUT2D eigenvalue weighted by atomic mass is 9.93. The number of esters is 1. The highest BCUT2D eigenvalue weighted by atomic mass is 79.9. The van der Waals surface area contributed by atoms with Crippen LogP contribution in [0.2, 0.25) is 0 Å². The number of aryl methyl sites for hydroxylation is 1. The van der Waals surface area contributed by atoms with Gasteiger partial charge in [0, 0.05) is 30.8 Å². The zero-order valence-electron chi connectivity index (χ0n) is 20.5. The summed E-state index contributed by atoms with van der Waals surface area (Å²) in [6, 6.07) is 4.65. The molecule has 206 valence electrons. The molecule has 5 atom stereocenters. The fourth-order valence-corrected chi connectivity index (χ4v) is 6.48. The first-order valence-corrected chi connectivity index (χ1v) is 13.8. The highest BCUT2D eigenvalue weighted by Gasteiger charge is 2.69. The highest BCUT2D eigenvalue weighted by molar-refractivity contribution is 9.10. The van der Waals surface area contributed by atoms with Gasteiger partial charge in [0.25, 0.3) is 0 Å². The van der Waals surface area contributed by atoms with Crippen LogP contribution in [0.25, 0.3) is 5.52 Å². The molecule has 3 aromatic rings. The van der Waals surface area contributed by atoms with Gasteiger partial charge < -0.3 is 24.8 Å². The minimum Gasteiger partial charge on any atom is -0.461 e. The van der Waals surface area contributed by atoms with Crippen LogP contribution in [0, 0.1) is 18.3 Å². The van der Waals surface area contributed by atoms with Crippen LogP contribution >= 0.6 is 23.7 Å². The first kappa shape index (κ1) is 27.4. The van der Waals surface area contributed by atoms with Gasteiger partial charge in [0.2, 0.25) is 10.2 Å². The second-order valence-electron chi connectivity index (χ2n) is 8.85. The maximum atomic E-state index is 16.1. The molecule has 4 N–H and O–H groups in total. The minimum absolute atomic E-state index is 0.0194. The van der Waals surface area contributed by atoms with Crippen LogP contribution in [0.3, 0.4) is 0 Å². The van der Waals surface area contributed by atoms with Gasteiger partial charge in [-0.15, -0.1) is 0 Å². The predicted octanol–water partition coefficient (Wildman–Crippen LogP) is 1.92. The smallest absolute Gasteiger partial charge is 0.459 e. The summed E-state index contributed by atoms with van der Waals surface area (Å²) in [4.78, 5) is 19.3. The van der Waals surface area contributed by atoms with Crippen molar-refractivity contribution in [2.45, 2.75) is 49.4 Å². The molecule has 2 unspecified atom stereocenters. The van der Waals surface area contributed by atoms with E-state index < -0.39 is 42.7 Å². The largest absolute Gasteiger partial charge is 0.461 e. The standard InChI is InChI=1S/C22H22BrFN7O7P/c1-11-18-14(13(5-27-11)7-35-12(2)32)6-30-39(34,38-18)36-8-16-19(33)22(23,24)21(9-25,37-16)17-4-3-15-20(26)28-10-29-31(15)17/h3-5,10,16,19,33H,6-8H2,1-2H3,(H,30,34)(H2,26,28,29)/t16-,19+,21+,22?,39?/m1/s1. The average Bonchev–Trinajstić information content (AvgIpc) is 3.41. The molecule has 0 amide bonds. The van der Waals surface area contributed by atoms with Crippen molar-refractivity contribution in [3.63, 3.8) is 0 Å². The maximum absolute atomic E-state index is 16.1. The van der Waals surface area contributed by atoms with Gasteiger partial charge in [-0.25, -0.2) is 23.5 Å². The number of carbonyl (C=O) groups is 1. The number of rotatable bonds is 6. The molecule has 0 spiro atoms. The summed E-state index contributed by atoms with van der Waals surface area (Å²) < 4.78 is 49.8. The first-order chi connectivity index (χ1) is 18.4. The van der Waals surface area contributed by atoms with Crippen LogP contribution in [0.5, 0.6) is 5.75 Å². The second kappa shape index (κ2) is 9.77. The first-order valence-electron chi connectivity index (χ1n) is 11.5. The Morgan fingerprint density at radius 3 is 2.97 bits per heavy atom. The van der Waals surface area contributed by atoms with E-state index in [9.17, 15) is 19.7 Å². The SMILES string of the molecule is CC(=O)OCc1cnc(C)c2c1CNP(=O)(OC[C@H]1O[C@@](C#N)(c3ccc4c(N)ncnn34)C(F)(Br)[C@H]1O)O2. The Morgan fingerprint density at radius 1 is 1.49 bits per heavy atom. The third-order valence-corrected chi connectivity index (χ3v) is 8.91. The number of nitrogen functional groups attached to an aromatic ring is 1. The van der Waals surface area contributed by atoms with E-state index in [0.29, 0.717) is 22.3 Å². The number of hydrogen-bond acceptors (Lipinski definition) is 12. The second-order valence-corrected chi connectivity index (χ2v) is 11.8. The molecule has 14 nitrogen and oxygen atoms in total. The number of nitrogens with two attached hydrogens (primary N) is 1. The Morgan fingerprint density at radius 2 is 2.26 bits per heavy atom. The summed E-state index contributed by atoms with van der Waals surface area (Å²) in [5, 5.41) is 27.6. The molecule has 5 heterocycles. The van der Waals surface area contributed by atoms with Crippen molar-refractivity contribution >= 4 is 41.0 Å². The number of halogens is 2. The third-order valence-electron chi connectivity index (χ3n) is 6.43. The molecular weight excluding hydrogens is 604 g/mol. The van der Waals surface area contributed by atoms with Gasteiger partial charge in [-0.05, 0) is 35.0 Å². The number of carbonyl (C=O) groups excluding carboxylic acids is 1. The zero-order chi connectivity index (χ0) is 28.2. The van der Waals surface area contributed by atoms with Crippen molar-refractivity contribution in [2.24, 2.45) is 0 Å². The van der Waals surface area contributed by atoms with Crippen molar-refractivity contribution in [3.05, 3.63) is 47.2 Å². The Labute approximate surface area is 228 Å². The Hall–Kier alpha value is -3.19. The van der Waals surface area contributed by atoms with Crippen LogP contribution in [0.15, 0.2) is 24.7 Å². The number of anilines is 1. The van der Waals surface area contributed by atoms with Gasteiger partial charge >= 0.3 is 13.7 Å². The molecule has 0 bridgehead atoms. The van der Waals surface area contributed by atoms with Gasteiger partial charge in [-0.1, -0.05) is 0 Å². The Bertz CT molecular complexity index is 1560. The van der Waals surface area contributed by atoms with E-state index in [0.717, 1.165) is 6.33 Å². The molecule has 0 aromatic carbocycles. The quantitative estimate of drug-likeness (QED) is 0.204. The van der Waals surface area contributed by atoms with Gasteiger partial charge in [0.1, 0.15) is 36.7 Å². The summed E-state index contributed by atoms with van der Waals surface area (Å²) in [5.41, 5.74) is 5.21. The number of aliphatic hydroxyl groups excluding tert-OH is 1. The molecule has 0 radical (unpaired) electrons. The summed E-state index contributed by atoms with van der Waals surface area (Å²) in [6.07, 6.45) is -0.763. The molecule has 2 aliphatic heterocycles. The summed E-state index contributed by atoms with van der Waals surface area (Å²) >= 11 is 2.83. The van der Waals surface area contributed by atoms with Gasteiger partial charge in [0.15, 0.2) is 11.6 Å². The van der Waals surface area contributed by atoms with E-state index >= 15 is 4.39 Å². The van der Waals surface area contributed by atoms with E-state index in [2.05, 4.69) is 36.1 Å². The number of aliphatic hydroxyl groups is 1. The monoisotopic (exact) mass is 625 g/mol. The van der Waals surface area contributed by atoms with Crippen LogP contribution in [0.1, 0.15) is 29.4 Å². The van der Waals surface area contributed by atoms with Gasteiger partial charge in [-0.3, -0.25) is 14.3 Å². The van der Waals surface area contributed by atoms with Gasteiger partial charge in [-0.2, -0.15) is 10.4 Å². The van der Waals surface area contributed by atoms with Crippen molar-refractivity contribution in [1.82, 2.24) is 24.7 Å². The van der Waals surface area contributed by atoms with Crippen LogP contribution < -0.4 is 15.3 Å². The van der Waals surface area contributed by atoms with Crippen molar-refractivity contribution in [3.8, 4) is 11.8 Å². The van der Waals surface area contributed by atoms with E-state index in [-0.39, 0.29) is 30.4 Å². The number of nitrogens with zero attached hydrogens (tertiary/aromatic N) is 5. The van der Waals surface area contributed by atoms with Crippen molar-refractivity contribution in [2.75, 3.05) is 12.3 Å². The summed E-state index contributed by atoms with van der Waals surface area (Å²) in [7, 11) is -4.06. The average molecular weight is 626 g/mol. The van der Waals surface area contributed by atoms with Crippen LogP contribution in [0.4, 0.5) is 10.2 Å². The van der Waals surface area contributed by atoms with E-state index in [4.69, 9.17) is 24.3 Å². The van der Waals surface area contributed by atoms with E-state index in [1.807, 2.05) is 0 Å². The molecule has 2 aliphatic rings. The topological polar surface area (TPSA) is 196 Å². The minimum atomic E-state index is -4.06. The van der Waals surface area contributed by atoms with E-state index in [1.165, 1.54) is 29.8 Å². The van der Waals surface area contributed by atoms with Gasteiger partial charge in [0.05, 0.1) is 18.0 Å². The number of alkyl halides is 2. The van der Waals surface area contributed by atoms with Crippen molar-refractivity contribution in [1.29, 1.82) is 5.26 Å². The summed E-state index contributed by atoms with van der Waals surface area (Å²) in [6.45, 7) is 2.24. The lowest BCUT2D eigenvalue weighted by molar-refractivity contribution is -0.142. The molecule has 1 saturated heterocycles. The number of aromatic nitrogens is 4. The number of ether oxygens (including phenoxy) is 2. The van der Waals surface area contributed by atoms with Crippen molar-refractivity contribution < 1.29 is 37.4 Å². The lowest BCUT2D eigenvalue weighted by Crippen LogP contribution is -2.46. The number of hydrogen-bond donors (Lipinski definition) is 3. The molecule has 0 aliphatic carbocycles. The highest BCUT2D eigenvalue weighted by Crippen LogP contribution is 2.55. The fraction of sp³-hybridized carbons (Fsp3) is 0.409. The number of fused-ring (bicyclic) bond motifs is 2. The number of nitrogens with one attached hydrogen (secondary N) is 1. The zero-order valence-corrected chi connectivity index (χ0v) is 23.0. The van der Waals surface area contributed by atoms with Crippen LogP contribution in [-0.4, -0.2) is 54.1 Å². The molecule has 1 fully saturated rings. The Balaban J connectivity index is 1.38. The lowest BCUT2D eigenvalue weighted by Gasteiger charge is -2.29. The summed E-state index contributed by atoms with van der Waals surface area (Å²) in [5.74, 6) is -0.217. The Kier molecular flexibility index (Phi) is 6.86. The third kappa shape index (κ3) is 4.45. The molecule has 17 heteroatoms. The van der Waals surface area contributed by atoms with Crippen LogP contribution in [-0.2, 0) is 42.1 Å². The normalized spacial score (nSPS) is 29.9. The maximum Gasteiger partial charge on any atom is 0.459 e. The molecule has 39 heavy (non-hydrogen) atoms. The molecule has 3 aromatic heterocycles. The molecule has 5 rings (SSSR count). The number of nitriles is 1.